The van der Waals surface area contributed by atoms with Crippen LogP contribution in [-0.2, 0) is 10.3 Å². The molecule has 182 valence electrons. The van der Waals surface area contributed by atoms with Crippen molar-refractivity contribution >= 4 is 28.7 Å². The molecule has 8 heteroatoms. The van der Waals surface area contributed by atoms with Crippen LogP contribution in [0.1, 0.15) is 43.9 Å². The van der Waals surface area contributed by atoms with Crippen molar-refractivity contribution in [3.8, 4) is 17.2 Å². The molecule has 5 rings (SSSR count). The summed E-state index contributed by atoms with van der Waals surface area (Å²) in [6, 6.07) is 11.3. The molecule has 0 bridgehead atoms. The van der Waals surface area contributed by atoms with Gasteiger partial charge in [-0.3, -0.25) is 0 Å². The summed E-state index contributed by atoms with van der Waals surface area (Å²) in [5.74, 6) is 1.92. The van der Waals surface area contributed by atoms with Crippen molar-refractivity contribution in [2.75, 3.05) is 13.2 Å². The molecule has 0 unspecified atom stereocenters. The molecule has 0 radical (unpaired) electrons. The number of hydrogen-bond donors (Lipinski definition) is 1. The molecule has 2 N–H and O–H groups in total. The second-order valence-corrected chi connectivity index (χ2v) is 10.7. The van der Waals surface area contributed by atoms with Crippen molar-refractivity contribution in [3.05, 3.63) is 70.8 Å². The van der Waals surface area contributed by atoms with E-state index in [0.29, 0.717) is 34.3 Å². The second kappa shape index (κ2) is 8.45. The van der Waals surface area contributed by atoms with Gasteiger partial charge in [0, 0.05) is 28.0 Å². The highest BCUT2D eigenvalue weighted by atomic mass is 32.1. The lowest BCUT2D eigenvalue weighted by molar-refractivity contribution is 0.188. The number of amidine groups is 1. The van der Waals surface area contributed by atoms with Gasteiger partial charge in [0.2, 0.25) is 0 Å². The highest BCUT2D eigenvalue weighted by Crippen LogP contribution is 2.52. The van der Waals surface area contributed by atoms with Gasteiger partial charge in [-0.2, -0.15) is 0 Å². The third kappa shape index (κ3) is 4.43. The molecule has 0 amide bonds. The fraction of sp³-hybridized carbons (Fsp3) is 0.333. The zero-order valence-electron chi connectivity index (χ0n) is 19.7. The third-order valence-electron chi connectivity index (χ3n) is 6.09. The topological polar surface area (TPSA) is 66.1 Å². The van der Waals surface area contributed by atoms with Crippen LogP contribution >= 0.6 is 12.2 Å². The van der Waals surface area contributed by atoms with Crippen LogP contribution in [0.25, 0.3) is 5.57 Å². The Bertz CT molecular complexity index is 1310. The number of nitrogens with two attached hydrogens (primary N) is 1. The molecule has 0 aromatic heterocycles. The number of benzene rings is 2. The molecule has 1 atom stereocenters. The first kappa shape index (κ1) is 23.5. The fourth-order valence-electron chi connectivity index (χ4n) is 4.43. The molecule has 35 heavy (non-hydrogen) atoms. The Balaban J connectivity index is 1.61. The van der Waals surface area contributed by atoms with Gasteiger partial charge in [-0.05, 0) is 59.0 Å². The first-order valence-electron chi connectivity index (χ1n) is 11.4. The number of fused-ring (bicyclic) bond motifs is 4. The van der Waals surface area contributed by atoms with Gasteiger partial charge in [0.15, 0.2) is 5.54 Å². The normalized spacial score (nSPS) is 21.0. The molecule has 0 saturated carbocycles. The van der Waals surface area contributed by atoms with E-state index < -0.39 is 12.0 Å². The molecule has 5 nitrogen and oxygen atoms in total. The lowest BCUT2D eigenvalue weighted by atomic mass is 9.80. The Hall–Kier alpha value is -3.26. The molecule has 0 fully saturated rings. The van der Waals surface area contributed by atoms with Crippen LogP contribution < -0.4 is 15.2 Å². The minimum absolute atomic E-state index is 0.00799. The average molecular weight is 497 g/mol. The van der Waals surface area contributed by atoms with Crippen LogP contribution in [0.15, 0.2) is 59.1 Å². The van der Waals surface area contributed by atoms with E-state index in [0.717, 1.165) is 16.7 Å². The first-order chi connectivity index (χ1) is 16.5. The summed E-state index contributed by atoms with van der Waals surface area (Å²) in [6.45, 7) is 7.02. The molecule has 0 saturated heterocycles. The van der Waals surface area contributed by atoms with E-state index in [1.165, 1.54) is 6.08 Å². The minimum atomic E-state index is -2.56. The van der Waals surface area contributed by atoms with E-state index in [9.17, 15) is 8.78 Å². The number of allylic oxidation sites excluding steroid dienone is 4. The summed E-state index contributed by atoms with van der Waals surface area (Å²) in [7, 11) is 0. The zero-order valence-corrected chi connectivity index (χ0v) is 20.5. The Morgan fingerprint density at radius 3 is 2.49 bits per heavy atom. The molecule has 1 aliphatic carbocycles. The molecular formula is C27H26F2N2O3S. The molecule has 1 spiro atoms. The molecule has 2 aliphatic heterocycles. The number of ether oxygens (including phenoxy) is 3. The third-order valence-corrected chi connectivity index (χ3v) is 6.36. The van der Waals surface area contributed by atoms with Gasteiger partial charge >= 0.3 is 0 Å². The smallest absolute Gasteiger partial charge is 0.283 e. The fourth-order valence-corrected chi connectivity index (χ4v) is 4.72. The van der Waals surface area contributed by atoms with E-state index >= 15 is 0 Å². The summed E-state index contributed by atoms with van der Waals surface area (Å²) in [4.78, 5) is 5.18. The van der Waals surface area contributed by atoms with Gasteiger partial charge in [-0.1, -0.05) is 39.1 Å². The predicted octanol–water partition coefficient (Wildman–Crippen LogP) is 6.15. The van der Waals surface area contributed by atoms with Crippen molar-refractivity contribution in [2.45, 2.75) is 39.2 Å². The van der Waals surface area contributed by atoms with Crippen LogP contribution in [0.2, 0.25) is 0 Å². The second-order valence-electron chi connectivity index (χ2n) is 10.2. The van der Waals surface area contributed by atoms with Crippen molar-refractivity contribution in [1.29, 1.82) is 0 Å². The summed E-state index contributed by atoms with van der Waals surface area (Å²) >= 11 is 5.29. The lowest BCUT2D eigenvalue weighted by Crippen LogP contribution is -2.31. The monoisotopic (exact) mass is 496 g/mol. The lowest BCUT2D eigenvalue weighted by Gasteiger charge is -2.34. The standard InChI is InChI=1S/C27H26F2N2O3S/c1-26(2,3)13-32-18-5-7-23-21(12-18)27(14-33-25(30)31-27)20-11-15(4-6-22(20)34-23)16-8-17(24(28)29)10-19(35)9-16/h4-9,11-12,24H,10,13-14H2,1-3H3,(H2,30,31)/t27-/m1/s1. The summed E-state index contributed by atoms with van der Waals surface area (Å²) in [6.07, 6.45) is 0.797. The minimum Gasteiger partial charge on any atom is -0.493 e. The highest BCUT2D eigenvalue weighted by molar-refractivity contribution is 7.80. The molecular weight excluding hydrogens is 470 g/mol. The van der Waals surface area contributed by atoms with Crippen LogP contribution in [-0.4, -0.2) is 30.5 Å². The maximum absolute atomic E-state index is 13.4. The maximum Gasteiger partial charge on any atom is 0.283 e. The zero-order chi connectivity index (χ0) is 25.0. The SMILES string of the molecule is CC(C)(C)COc1ccc2c(c1)[C@@]1(COC(N)=N1)c1cc(C3=CC(=S)CC(C(F)F)=C3)ccc1O2. The Labute approximate surface area is 208 Å². The maximum atomic E-state index is 13.4. The number of alkyl halides is 2. The largest absolute Gasteiger partial charge is 0.493 e. The molecule has 3 aliphatic rings. The number of halogens is 2. The Morgan fingerprint density at radius 2 is 1.83 bits per heavy atom. The van der Waals surface area contributed by atoms with Crippen molar-refractivity contribution in [1.82, 2.24) is 0 Å². The van der Waals surface area contributed by atoms with Crippen LogP contribution in [0, 0.1) is 5.41 Å². The van der Waals surface area contributed by atoms with E-state index in [1.54, 1.807) is 6.08 Å². The average Bonchev–Trinajstić information content (AvgIpc) is 3.19. The van der Waals surface area contributed by atoms with Gasteiger partial charge in [-0.25, -0.2) is 13.8 Å². The van der Waals surface area contributed by atoms with Gasteiger partial charge < -0.3 is 19.9 Å². The van der Waals surface area contributed by atoms with E-state index in [-0.39, 0.29) is 30.0 Å². The van der Waals surface area contributed by atoms with Gasteiger partial charge in [-0.15, -0.1) is 0 Å². The van der Waals surface area contributed by atoms with Crippen molar-refractivity contribution < 1.29 is 23.0 Å². The summed E-state index contributed by atoms with van der Waals surface area (Å²) in [5.41, 5.74) is 7.90. The number of hydrogen-bond acceptors (Lipinski definition) is 6. The summed E-state index contributed by atoms with van der Waals surface area (Å²) in [5, 5.41) is 0. The highest BCUT2D eigenvalue weighted by Gasteiger charge is 2.47. The number of nitrogens with zero attached hydrogens (tertiary/aromatic N) is 1. The number of thiocarbonyl (C=S) groups is 1. The van der Waals surface area contributed by atoms with Gasteiger partial charge in [0.05, 0.1) is 6.61 Å². The molecule has 2 aromatic carbocycles. The Kier molecular flexibility index (Phi) is 5.67. The molecule has 2 aromatic rings. The molecule has 2 heterocycles. The quantitative estimate of drug-likeness (QED) is 0.514. The predicted molar refractivity (Wildman–Crippen MR) is 136 cm³/mol. The van der Waals surface area contributed by atoms with Crippen molar-refractivity contribution in [2.24, 2.45) is 16.1 Å². The van der Waals surface area contributed by atoms with Crippen molar-refractivity contribution in [3.63, 3.8) is 0 Å². The van der Waals surface area contributed by atoms with Gasteiger partial charge in [0.1, 0.15) is 23.9 Å². The first-order valence-corrected chi connectivity index (χ1v) is 11.8. The van der Waals surface area contributed by atoms with Crippen LogP contribution in [0.5, 0.6) is 17.2 Å². The van der Waals surface area contributed by atoms with E-state index in [1.807, 2.05) is 36.4 Å². The van der Waals surface area contributed by atoms with Crippen LogP contribution in [0.3, 0.4) is 0 Å². The van der Waals surface area contributed by atoms with Gasteiger partial charge in [0.25, 0.3) is 12.4 Å². The van der Waals surface area contributed by atoms with E-state index in [4.69, 9.17) is 37.2 Å². The summed E-state index contributed by atoms with van der Waals surface area (Å²) < 4.78 is 44.8. The number of aliphatic imine (C=N–C) groups is 1. The van der Waals surface area contributed by atoms with Crippen LogP contribution in [0.4, 0.5) is 8.78 Å². The Morgan fingerprint density at radius 1 is 1.11 bits per heavy atom. The number of rotatable bonds is 4. The van der Waals surface area contributed by atoms with E-state index in [2.05, 4.69) is 20.8 Å².